The lowest BCUT2D eigenvalue weighted by atomic mass is 10.1. The largest absolute Gasteiger partial charge is 0.495 e. The number of thiol groups is 1. The average Bonchev–Trinajstić information content (AvgIpc) is 3.21. The molecule has 0 bridgehead atoms. The second-order valence-electron chi connectivity index (χ2n) is 5.66. The molecule has 2 amide bonds. The van der Waals surface area contributed by atoms with Crippen molar-refractivity contribution in [1.29, 1.82) is 0 Å². The number of rotatable bonds is 5. The molecular weight excluding hydrogens is 394 g/mol. The van der Waals surface area contributed by atoms with Gasteiger partial charge in [-0.05, 0) is 29.7 Å². The molecule has 12 heteroatoms. The Bertz CT molecular complexity index is 899. The summed E-state index contributed by atoms with van der Waals surface area (Å²) in [7, 11) is -1.44. The third kappa shape index (κ3) is 4.34. The summed E-state index contributed by atoms with van der Waals surface area (Å²) in [4.78, 5) is 28.3. The van der Waals surface area contributed by atoms with E-state index in [0.717, 1.165) is 11.5 Å². The van der Waals surface area contributed by atoms with Gasteiger partial charge >= 0.3 is 0 Å². The quantitative estimate of drug-likeness (QED) is 0.669. The molecule has 1 aliphatic heterocycles. The van der Waals surface area contributed by atoms with Crippen LogP contribution in [0.1, 0.15) is 20.8 Å². The summed E-state index contributed by atoms with van der Waals surface area (Å²) in [5.41, 5.74) is 0.948. The lowest BCUT2D eigenvalue weighted by molar-refractivity contribution is 0.0532. The summed E-state index contributed by atoms with van der Waals surface area (Å²) < 4.78 is 32.7. The topological polar surface area (TPSA) is 122 Å². The minimum absolute atomic E-state index is 0.195. The summed E-state index contributed by atoms with van der Waals surface area (Å²) >= 11 is 1.11. The Labute approximate surface area is 161 Å². The Morgan fingerprint density at radius 1 is 1.15 bits per heavy atom. The van der Waals surface area contributed by atoms with Gasteiger partial charge in [-0.1, -0.05) is 4.49 Å². The van der Waals surface area contributed by atoms with Gasteiger partial charge in [-0.15, -0.1) is 5.10 Å². The van der Waals surface area contributed by atoms with Crippen molar-refractivity contribution in [2.75, 3.05) is 38.0 Å². The molecule has 0 aliphatic carbocycles. The van der Waals surface area contributed by atoms with Crippen molar-refractivity contribution in [3.8, 4) is 5.75 Å². The zero-order valence-electron chi connectivity index (χ0n) is 14.3. The fraction of sp³-hybridized carbons (Fsp3) is 0.333. The van der Waals surface area contributed by atoms with Gasteiger partial charge in [-0.3, -0.25) is 14.3 Å². The van der Waals surface area contributed by atoms with Gasteiger partial charge in [0.1, 0.15) is 5.75 Å². The van der Waals surface area contributed by atoms with Gasteiger partial charge in [0.15, 0.2) is 5.69 Å². The van der Waals surface area contributed by atoms with Crippen LogP contribution in [-0.2, 0) is 10.9 Å². The zero-order chi connectivity index (χ0) is 19.4. The van der Waals surface area contributed by atoms with Gasteiger partial charge in [-0.2, -0.15) is 0 Å². The summed E-state index contributed by atoms with van der Waals surface area (Å²) in [6.07, 6.45) is 0. The van der Waals surface area contributed by atoms with Crippen molar-refractivity contribution in [2.45, 2.75) is 0 Å². The van der Waals surface area contributed by atoms with Gasteiger partial charge in [0.2, 0.25) is 10.9 Å². The van der Waals surface area contributed by atoms with Gasteiger partial charge in [-0.25, -0.2) is 8.42 Å². The molecule has 0 saturated carbocycles. The van der Waals surface area contributed by atoms with Crippen molar-refractivity contribution in [1.82, 2.24) is 19.4 Å². The van der Waals surface area contributed by atoms with E-state index in [1.54, 1.807) is 15.2 Å². The SMILES string of the molecule is COc1cc(C(=O)N2CCN(C(=O)c3csnn3)CC2)ccc1N[SH](=O)=O. The first-order valence-electron chi connectivity index (χ1n) is 7.94. The van der Waals surface area contributed by atoms with Crippen molar-refractivity contribution >= 4 is 39.9 Å². The van der Waals surface area contributed by atoms with Gasteiger partial charge < -0.3 is 14.5 Å². The molecule has 2 aromatic rings. The van der Waals surface area contributed by atoms with Crippen LogP contribution in [-0.4, -0.2) is 72.9 Å². The monoisotopic (exact) mass is 411 g/mol. The first-order valence-corrected chi connectivity index (χ1v) is 9.95. The van der Waals surface area contributed by atoms with Crippen LogP contribution < -0.4 is 9.46 Å². The molecule has 1 aromatic carbocycles. The number of carbonyl (C=O) groups excluding carboxylic acids is 2. The van der Waals surface area contributed by atoms with E-state index >= 15 is 0 Å². The van der Waals surface area contributed by atoms with Crippen LogP contribution in [0.2, 0.25) is 0 Å². The van der Waals surface area contributed by atoms with Crippen LogP contribution in [0.25, 0.3) is 0 Å². The number of piperazine rings is 1. The number of aromatic nitrogens is 2. The maximum atomic E-state index is 12.7. The van der Waals surface area contributed by atoms with E-state index in [4.69, 9.17) is 4.74 Å². The standard InChI is InChI=1S/C15H17N5O5S2/c1-25-13-8-10(2-3-11(13)17-27(23)24)14(21)19-4-6-20(7-5-19)15(22)12-9-26-18-16-12/h2-3,8-9,27H,4-7H2,1H3,(H,17,23,24). The molecule has 27 heavy (non-hydrogen) atoms. The molecule has 3 rings (SSSR count). The summed E-state index contributed by atoms with van der Waals surface area (Å²) in [5, 5.41) is 5.37. The first kappa shape index (κ1) is 19.0. The number of nitrogens with one attached hydrogen (secondary N) is 1. The molecule has 0 radical (unpaired) electrons. The van der Waals surface area contributed by atoms with E-state index in [0.29, 0.717) is 37.4 Å². The predicted octanol–water partition coefficient (Wildman–Crippen LogP) is 0.0832. The van der Waals surface area contributed by atoms with Crippen LogP contribution in [0, 0.1) is 0 Å². The molecule has 0 spiro atoms. The number of benzene rings is 1. The Kier molecular flexibility index (Phi) is 5.86. The second kappa shape index (κ2) is 8.31. The number of ether oxygens (including phenoxy) is 1. The number of anilines is 1. The fourth-order valence-electron chi connectivity index (χ4n) is 2.73. The lowest BCUT2D eigenvalue weighted by Crippen LogP contribution is -2.50. The molecule has 1 saturated heterocycles. The van der Waals surface area contributed by atoms with Crippen molar-refractivity contribution in [2.24, 2.45) is 0 Å². The van der Waals surface area contributed by atoms with E-state index in [-0.39, 0.29) is 23.3 Å². The van der Waals surface area contributed by atoms with Crippen LogP contribution in [0.3, 0.4) is 0 Å². The van der Waals surface area contributed by atoms with Crippen molar-refractivity contribution in [3.05, 3.63) is 34.8 Å². The smallest absolute Gasteiger partial charge is 0.275 e. The Balaban J connectivity index is 1.66. The predicted molar refractivity (Wildman–Crippen MR) is 98.6 cm³/mol. The summed E-state index contributed by atoms with van der Waals surface area (Å²) in [5.74, 6) is -0.154. The Hall–Kier alpha value is -2.73. The number of nitrogens with zero attached hydrogens (tertiary/aromatic N) is 4. The summed E-state index contributed by atoms with van der Waals surface area (Å²) in [6.45, 7) is 1.57. The normalized spacial score (nSPS) is 14.3. The van der Waals surface area contributed by atoms with Crippen molar-refractivity contribution < 1.29 is 22.7 Å². The van der Waals surface area contributed by atoms with Gasteiger partial charge in [0.05, 0.1) is 12.8 Å². The lowest BCUT2D eigenvalue weighted by Gasteiger charge is -2.34. The number of hydrogen-bond donors (Lipinski definition) is 2. The van der Waals surface area contributed by atoms with Crippen LogP contribution >= 0.6 is 11.5 Å². The maximum Gasteiger partial charge on any atom is 0.275 e. The van der Waals surface area contributed by atoms with Gasteiger partial charge in [0, 0.05) is 37.1 Å². The molecule has 2 heterocycles. The Morgan fingerprint density at radius 3 is 2.37 bits per heavy atom. The second-order valence-corrected chi connectivity index (χ2v) is 7.01. The number of methoxy groups -OCH3 is 1. The molecule has 1 aliphatic rings. The van der Waals surface area contributed by atoms with Crippen LogP contribution in [0.5, 0.6) is 5.75 Å². The highest BCUT2D eigenvalue weighted by Gasteiger charge is 2.27. The third-order valence-corrected chi connectivity index (χ3v) is 5.02. The third-order valence-electron chi connectivity index (χ3n) is 4.09. The van der Waals surface area contributed by atoms with E-state index in [1.165, 1.54) is 25.3 Å². The molecular formula is C15H17N5O5S2. The van der Waals surface area contributed by atoms with E-state index in [2.05, 4.69) is 14.3 Å². The van der Waals surface area contributed by atoms with E-state index in [9.17, 15) is 18.0 Å². The minimum atomic E-state index is -2.83. The minimum Gasteiger partial charge on any atom is -0.495 e. The van der Waals surface area contributed by atoms with Gasteiger partial charge in [0.25, 0.3) is 11.8 Å². The number of hydrogen-bond acceptors (Lipinski definition) is 8. The molecule has 0 atom stereocenters. The van der Waals surface area contributed by atoms with Crippen molar-refractivity contribution in [3.63, 3.8) is 0 Å². The maximum absolute atomic E-state index is 12.7. The molecule has 10 nitrogen and oxygen atoms in total. The molecule has 144 valence electrons. The number of carbonyl (C=O) groups is 2. The highest BCUT2D eigenvalue weighted by Crippen LogP contribution is 2.26. The molecule has 1 fully saturated rings. The summed E-state index contributed by atoms with van der Waals surface area (Å²) in [6, 6.07) is 4.50. The van der Waals surface area contributed by atoms with Crippen LogP contribution in [0.15, 0.2) is 23.6 Å². The highest BCUT2D eigenvalue weighted by molar-refractivity contribution is 7.73. The zero-order valence-corrected chi connectivity index (χ0v) is 16.0. The van der Waals surface area contributed by atoms with E-state index < -0.39 is 10.9 Å². The Morgan fingerprint density at radius 2 is 1.81 bits per heavy atom. The molecule has 1 N–H and O–H groups in total. The fourth-order valence-corrected chi connectivity index (χ4v) is 3.54. The van der Waals surface area contributed by atoms with E-state index in [1.807, 2.05) is 0 Å². The highest BCUT2D eigenvalue weighted by atomic mass is 32.2. The van der Waals surface area contributed by atoms with Crippen LogP contribution in [0.4, 0.5) is 5.69 Å². The average molecular weight is 411 g/mol. The molecule has 1 aromatic heterocycles. The molecule has 0 unspecified atom stereocenters. The first-order chi connectivity index (χ1) is 13.0. The number of amides is 2.